The minimum absolute atomic E-state index is 0.372. The molecule has 0 spiro atoms. The van der Waals surface area contributed by atoms with Gasteiger partial charge in [-0.3, -0.25) is 9.67 Å². The fourth-order valence-electron chi connectivity index (χ4n) is 4.03. The Balaban J connectivity index is 1.52. The zero-order chi connectivity index (χ0) is 22.8. The lowest BCUT2D eigenvalue weighted by molar-refractivity contribution is 0.310. The normalized spacial score (nSPS) is 16.7. The van der Waals surface area contributed by atoms with E-state index in [2.05, 4.69) is 45.9 Å². The Bertz CT molecular complexity index is 866. The fraction of sp³-hybridized carbons (Fsp3) is 0.583. The first-order valence-corrected chi connectivity index (χ1v) is 11.7. The number of guanidine groups is 1. The summed E-state index contributed by atoms with van der Waals surface area (Å²) in [4.78, 5) is 7.22. The van der Waals surface area contributed by atoms with Crippen molar-refractivity contribution in [2.75, 3.05) is 44.8 Å². The van der Waals surface area contributed by atoms with Crippen LogP contribution < -0.4 is 25.0 Å². The van der Waals surface area contributed by atoms with Crippen LogP contribution in [-0.2, 0) is 13.5 Å². The number of nitrogens with one attached hydrogen (secondary N) is 2. The standard InChI is InChI=1S/C24H38N6O2/c1-5-25-24(28-20-10-8-14-30(17-20)21-16-27-29(3)18-21)26-13-7-9-19-11-12-22(31-4)23(15-19)32-6-2/h11-12,15-16,18,20H,5-10,13-14,17H2,1-4H3,(H2,25,26,28). The van der Waals surface area contributed by atoms with Crippen LogP contribution >= 0.6 is 0 Å². The highest BCUT2D eigenvalue weighted by molar-refractivity contribution is 5.80. The van der Waals surface area contributed by atoms with Crippen molar-refractivity contribution in [1.82, 2.24) is 20.4 Å². The first-order chi connectivity index (χ1) is 15.6. The summed E-state index contributed by atoms with van der Waals surface area (Å²) >= 11 is 0. The third kappa shape index (κ3) is 6.80. The second kappa shape index (κ2) is 12.2. The average Bonchev–Trinajstić information content (AvgIpc) is 3.24. The number of methoxy groups -OCH3 is 1. The molecule has 0 amide bonds. The van der Waals surface area contributed by atoms with E-state index in [1.54, 1.807) is 7.11 Å². The van der Waals surface area contributed by atoms with Crippen LogP contribution in [0.3, 0.4) is 0 Å². The topological polar surface area (TPSA) is 75.9 Å². The van der Waals surface area contributed by atoms with Gasteiger partial charge in [0, 0.05) is 45.5 Å². The predicted octanol–water partition coefficient (Wildman–Crippen LogP) is 2.98. The Labute approximate surface area is 192 Å². The molecular weight excluding hydrogens is 404 g/mol. The number of aliphatic imine (C=N–C) groups is 1. The number of aromatic nitrogens is 2. The second-order valence-corrected chi connectivity index (χ2v) is 8.08. The molecule has 2 N–H and O–H groups in total. The number of anilines is 1. The highest BCUT2D eigenvalue weighted by Crippen LogP contribution is 2.28. The van der Waals surface area contributed by atoms with E-state index >= 15 is 0 Å². The maximum absolute atomic E-state index is 5.69. The molecule has 2 aromatic rings. The molecule has 2 heterocycles. The number of benzene rings is 1. The molecular formula is C24H38N6O2. The van der Waals surface area contributed by atoms with E-state index in [0.29, 0.717) is 12.6 Å². The molecule has 1 saturated heterocycles. The Morgan fingerprint density at radius 1 is 1.28 bits per heavy atom. The van der Waals surface area contributed by atoms with Crippen LogP contribution in [0.2, 0.25) is 0 Å². The lowest BCUT2D eigenvalue weighted by atomic mass is 10.1. The van der Waals surface area contributed by atoms with Crippen molar-refractivity contribution in [1.29, 1.82) is 0 Å². The Morgan fingerprint density at radius 2 is 2.16 bits per heavy atom. The molecule has 1 unspecified atom stereocenters. The maximum Gasteiger partial charge on any atom is 0.191 e. The average molecular weight is 443 g/mol. The molecule has 176 valence electrons. The summed E-state index contributed by atoms with van der Waals surface area (Å²) < 4.78 is 12.9. The van der Waals surface area contributed by atoms with Gasteiger partial charge in [-0.15, -0.1) is 0 Å². The highest BCUT2D eigenvalue weighted by atomic mass is 16.5. The molecule has 1 atom stereocenters. The molecule has 1 aliphatic rings. The minimum Gasteiger partial charge on any atom is -0.493 e. The number of hydrogen-bond donors (Lipinski definition) is 2. The summed E-state index contributed by atoms with van der Waals surface area (Å²) in [6.45, 7) is 8.36. The number of aryl methyl sites for hydroxylation is 2. The zero-order valence-corrected chi connectivity index (χ0v) is 19.9. The van der Waals surface area contributed by atoms with Crippen LogP contribution in [0.4, 0.5) is 5.69 Å². The van der Waals surface area contributed by atoms with Gasteiger partial charge < -0.3 is 25.0 Å². The third-order valence-electron chi connectivity index (χ3n) is 5.58. The minimum atomic E-state index is 0.372. The SMILES string of the molecule is CCNC(=NCCCc1ccc(OC)c(OCC)c1)NC1CCCN(c2cnn(C)c2)C1. The summed E-state index contributed by atoms with van der Waals surface area (Å²) in [6, 6.07) is 6.53. The Hall–Kier alpha value is -2.90. The highest BCUT2D eigenvalue weighted by Gasteiger charge is 2.21. The summed E-state index contributed by atoms with van der Waals surface area (Å²) in [5.74, 6) is 2.48. The summed E-state index contributed by atoms with van der Waals surface area (Å²) in [5, 5.41) is 11.3. The molecule has 8 heteroatoms. The summed E-state index contributed by atoms with van der Waals surface area (Å²) in [6.07, 6.45) is 8.25. The van der Waals surface area contributed by atoms with Crippen molar-refractivity contribution in [3.63, 3.8) is 0 Å². The van der Waals surface area contributed by atoms with Crippen molar-refractivity contribution in [3.05, 3.63) is 36.2 Å². The smallest absolute Gasteiger partial charge is 0.191 e. The molecule has 1 aromatic carbocycles. The Kier molecular flexibility index (Phi) is 9.07. The third-order valence-corrected chi connectivity index (χ3v) is 5.58. The van der Waals surface area contributed by atoms with Crippen LogP contribution in [0.1, 0.15) is 38.7 Å². The van der Waals surface area contributed by atoms with Crippen LogP contribution in [0.25, 0.3) is 0 Å². The lowest BCUT2D eigenvalue weighted by Crippen LogP contribution is -2.51. The van der Waals surface area contributed by atoms with E-state index in [9.17, 15) is 0 Å². The summed E-state index contributed by atoms with van der Waals surface area (Å²) in [5.41, 5.74) is 2.42. The first-order valence-electron chi connectivity index (χ1n) is 11.7. The van der Waals surface area contributed by atoms with Gasteiger partial charge in [0.25, 0.3) is 0 Å². The molecule has 1 aromatic heterocycles. The summed E-state index contributed by atoms with van der Waals surface area (Å²) in [7, 11) is 3.63. The van der Waals surface area contributed by atoms with Crippen molar-refractivity contribution < 1.29 is 9.47 Å². The van der Waals surface area contributed by atoms with Gasteiger partial charge in [0.1, 0.15) is 0 Å². The van der Waals surface area contributed by atoms with E-state index < -0.39 is 0 Å². The van der Waals surface area contributed by atoms with Gasteiger partial charge in [0.05, 0.1) is 25.6 Å². The second-order valence-electron chi connectivity index (χ2n) is 8.08. The number of ether oxygens (including phenoxy) is 2. The van der Waals surface area contributed by atoms with Crippen LogP contribution in [0.15, 0.2) is 35.6 Å². The molecule has 32 heavy (non-hydrogen) atoms. The number of nitrogens with zero attached hydrogens (tertiary/aromatic N) is 4. The first kappa shape index (κ1) is 23.8. The number of rotatable bonds is 10. The molecule has 1 fully saturated rings. The molecule has 0 aliphatic carbocycles. The molecule has 0 radical (unpaired) electrons. The van der Waals surface area contributed by atoms with E-state index in [4.69, 9.17) is 14.5 Å². The van der Waals surface area contributed by atoms with E-state index in [-0.39, 0.29) is 0 Å². The van der Waals surface area contributed by atoms with Gasteiger partial charge in [0.15, 0.2) is 17.5 Å². The van der Waals surface area contributed by atoms with Gasteiger partial charge in [-0.25, -0.2) is 0 Å². The quantitative estimate of drug-likeness (QED) is 0.335. The van der Waals surface area contributed by atoms with Gasteiger partial charge >= 0.3 is 0 Å². The van der Waals surface area contributed by atoms with Gasteiger partial charge in [-0.1, -0.05) is 6.07 Å². The van der Waals surface area contributed by atoms with Crippen LogP contribution in [0, 0.1) is 0 Å². The fourth-order valence-corrected chi connectivity index (χ4v) is 4.03. The molecule has 8 nitrogen and oxygen atoms in total. The van der Waals surface area contributed by atoms with E-state index in [0.717, 1.165) is 69.3 Å². The Morgan fingerprint density at radius 3 is 2.88 bits per heavy atom. The van der Waals surface area contributed by atoms with Crippen molar-refractivity contribution in [3.8, 4) is 11.5 Å². The van der Waals surface area contributed by atoms with Gasteiger partial charge in [-0.2, -0.15) is 5.10 Å². The maximum atomic E-state index is 5.69. The molecule has 3 rings (SSSR count). The number of piperidine rings is 1. The van der Waals surface area contributed by atoms with Crippen LogP contribution in [0.5, 0.6) is 11.5 Å². The monoisotopic (exact) mass is 442 g/mol. The van der Waals surface area contributed by atoms with Crippen molar-refractivity contribution in [2.45, 2.75) is 45.6 Å². The molecule has 0 bridgehead atoms. The van der Waals surface area contributed by atoms with E-state index in [1.807, 2.05) is 30.9 Å². The van der Waals surface area contributed by atoms with Crippen molar-refractivity contribution >= 4 is 11.6 Å². The van der Waals surface area contributed by atoms with Crippen LogP contribution in [-0.4, -0.2) is 61.7 Å². The largest absolute Gasteiger partial charge is 0.493 e. The predicted molar refractivity (Wildman–Crippen MR) is 130 cm³/mol. The van der Waals surface area contributed by atoms with Gasteiger partial charge in [-0.05, 0) is 57.2 Å². The van der Waals surface area contributed by atoms with Gasteiger partial charge in [0.2, 0.25) is 0 Å². The lowest BCUT2D eigenvalue weighted by Gasteiger charge is -2.34. The molecule has 0 saturated carbocycles. The molecule has 1 aliphatic heterocycles. The van der Waals surface area contributed by atoms with E-state index in [1.165, 1.54) is 11.3 Å². The zero-order valence-electron chi connectivity index (χ0n) is 19.9. The van der Waals surface area contributed by atoms with Crippen molar-refractivity contribution in [2.24, 2.45) is 12.0 Å². The number of hydrogen-bond acceptors (Lipinski definition) is 5.